The number of rotatable bonds is 4. The Morgan fingerprint density at radius 3 is 2.50 bits per heavy atom. The second-order valence-corrected chi connectivity index (χ2v) is 3.39. The zero-order valence-electron chi connectivity index (χ0n) is 8.60. The van der Waals surface area contributed by atoms with Crippen LogP contribution in [-0.4, -0.2) is 13.0 Å². The molecule has 0 amide bonds. The van der Waals surface area contributed by atoms with E-state index in [1.165, 1.54) is 0 Å². The standard InChI is InChI=1S/C10H15F2NO/c1-6-4-9(8(3)14-6)7(2)13-5-10(11)12/h4,7,10,13H,5H2,1-3H3. The van der Waals surface area contributed by atoms with E-state index in [1.54, 1.807) is 0 Å². The predicted molar refractivity (Wildman–Crippen MR) is 50.6 cm³/mol. The second-order valence-electron chi connectivity index (χ2n) is 3.39. The van der Waals surface area contributed by atoms with Crippen LogP contribution in [0.1, 0.15) is 30.0 Å². The number of halogens is 2. The Balaban J connectivity index is 2.60. The minimum absolute atomic E-state index is 0.0959. The first-order valence-electron chi connectivity index (χ1n) is 4.59. The largest absolute Gasteiger partial charge is 0.466 e. The summed E-state index contributed by atoms with van der Waals surface area (Å²) in [4.78, 5) is 0. The fraction of sp³-hybridized carbons (Fsp3) is 0.600. The topological polar surface area (TPSA) is 25.2 Å². The van der Waals surface area contributed by atoms with Crippen molar-refractivity contribution < 1.29 is 13.2 Å². The molecular formula is C10H15F2NO. The third-order valence-corrected chi connectivity index (χ3v) is 2.12. The molecule has 80 valence electrons. The van der Waals surface area contributed by atoms with E-state index in [0.717, 1.165) is 17.1 Å². The maximum Gasteiger partial charge on any atom is 0.250 e. The van der Waals surface area contributed by atoms with E-state index in [4.69, 9.17) is 4.42 Å². The van der Waals surface area contributed by atoms with Gasteiger partial charge in [-0.3, -0.25) is 0 Å². The summed E-state index contributed by atoms with van der Waals surface area (Å²) in [5, 5.41) is 2.74. The fourth-order valence-corrected chi connectivity index (χ4v) is 1.46. The Hall–Kier alpha value is -0.900. The lowest BCUT2D eigenvalue weighted by molar-refractivity contribution is 0.142. The van der Waals surface area contributed by atoms with Crippen LogP contribution in [0.4, 0.5) is 8.78 Å². The molecule has 0 saturated carbocycles. The molecule has 0 fully saturated rings. The summed E-state index contributed by atoms with van der Waals surface area (Å²) >= 11 is 0. The summed E-state index contributed by atoms with van der Waals surface area (Å²) < 4.78 is 29.2. The van der Waals surface area contributed by atoms with E-state index < -0.39 is 6.43 Å². The van der Waals surface area contributed by atoms with Crippen molar-refractivity contribution in [1.82, 2.24) is 5.32 Å². The molecule has 1 unspecified atom stereocenters. The van der Waals surface area contributed by atoms with Crippen LogP contribution in [0.25, 0.3) is 0 Å². The summed E-state index contributed by atoms with van der Waals surface area (Å²) in [5.74, 6) is 1.60. The monoisotopic (exact) mass is 203 g/mol. The average molecular weight is 203 g/mol. The number of hydrogen-bond donors (Lipinski definition) is 1. The first-order chi connectivity index (χ1) is 6.50. The van der Waals surface area contributed by atoms with Gasteiger partial charge in [-0.25, -0.2) is 8.78 Å². The number of furan rings is 1. The van der Waals surface area contributed by atoms with Gasteiger partial charge in [-0.05, 0) is 26.8 Å². The van der Waals surface area contributed by atoms with Crippen molar-refractivity contribution in [3.8, 4) is 0 Å². The van der Waals surface area contributed by atoms with Crippen LogP contribution < -0.4 is 5.32 Å². The van der Waals surface area contributed by atoms with E-state index >= 15 is 0 Å². The summed E-state index contributed by atoms with van der Waals surface area (Å²) in [6, 6.07) is 1.78. The van der Waals surface area contributed by atoms with Gasteiger partial charge in [0, 0.05) is 11.6 Å². The molecule has 0 spiro atoms. The maximum absolute atomic E-state index is 11.9. The Morgan fingerprint density at radius 1 is 1.43 bits per heavy atom. The molecule has 1 aromatic rings. The highest BCUT2D eigenvalue weighted by Gasteiger charge is 2.13. The van der Waals surface area contributed by atoms with Gasteiger partial charge in [0.05, 0.1) is 6.54 Å². The van der Waals surface area contributed by atoms with Crippen LogP contribution in [0.2, 0.25) is 0 Å². The Labute approximate surface area is 82.3 Å². The van der Waals surface area contributed by atoms with Gasteiger partial charge in [-0.2, -0.15) is 0 Å². The lowest BCUT2D eigenvalue weighted by Gasteiger charge is -2.12. The predicted octanol–water partition coefficient (Wildman–Crippen LogP) is 2.81. The van der Waals surface area contributed by atoms with Crippen molar-refractivity contribution in [3.63, 3.8) is 0 Å². The molecule has 0 aliphatic rings. The van der Waals surface area contributed by atoms with Crippen molar-refractivity contribution in [2.24, 2.45) is 0 Å². The van der Waals surface area contributed by atoms with Gasteiger partial charge >= 0.3 is 0 Å². The van der Waals surface area contributed by atoms with E-state index in [0.29, 0.717) is 0 Å². The second kappa shape index (κ2) is 4.55. The van der Waals surface area contributed by atoms with E-state index in [9.17, 15) is 8.78 Å². The normalized spacial score (nSPS) is 13.6. The van der Waals surface area contributed by atoms with Gasteiger partial charge < -0.3 is 9.73 Å². The summed E-state index contributed by atoms with van der Waals surface area (Å²) in [7, 11) is 0. The molecule has 1 N–H and O–H groups in total. The molecule has 1 atom stereocenters. The molecule has 2 nitrogen and oxygen atoms in total. The fourth-order valence-electron chi connectivity index (χ4n) is 1.46. The van der Waals surface area contributed by atoms with Crippen molar-refractivity contribution in [2.45, 2.75) is 33.2 Å². The molecule has 1 rings (SSSR count). The minimum atomic E-state index is -2.31. The highest BCUT2D eigenvalue weighted by Crippen LogP contribution is 2.20. The smallest absolute Gasteiger partial charge is 0.250 e. The molecule has 4 heteroatoms. The average Bonchev–Trinajstić information content (AvgIpc) is 2.41. The molecule has 0 aromatic carbocycles. The third-order valence-electron chi connectivity index (χ3n) is 2.12. The Bertz CT molecular complexity index is 296. The van der Waals surface area contributed by atoms with Crippen LogP contribution in [0.5, 0.6) is 0 Å². The summed E-state index contributed by atoms with van der Waals surface area (Å²) in [6.07, 6.45) is -2.31. The highest BCUT2D eigenvalue weighted by molar-refractivity contribution is 5.23. The van der Waals surface area contributed by atoms with Gasteiger partial charge in [0.15, 0.2) is 0 Å². The number of nitrogens with one attached hydrogen (secondary N) is 1. The van der Waals surface area contributed by atoms with Crippen molar-refractivity contribution in [3.05, 3.63) is 23.2 Å². The number of aryl methyl sites for hydroxylation is 2. The van der Waals surface area contributed by atoms with E-state index in [-0.39, 0.29) is 12.6 Å². The summed E-state index contributed by atoms with van der Waals surface area (Å²) in [5.41, 5.74) is 0.947. The SMILES string of the molecule is Cc1cc(C(C)NCC(F)F)c(C)o1. The third kappa shape index (κ3) is 2.80. The molecule has 1 aromatic heterocycles. The van der Waals surface area contributed by atoms with Crippen LogP contribution >= 0.6 is 0 Å². The van der Waals surface area contributed by atoms with E-state index in [2.05, 4.69) is 5.32 Å². The lowest BCUT2D eigenvalue weighted by Crippen LogP contribution is -2.24. The molecule has 0 aliphatic heterocycles. The Kier molecular flexibility index (Phi) is 3.63. The summed E-state index contributed by atoms with van der Waals surface area (Å²) in [6.45, 7) is 5.24. The molecule has 0 bridgehead atoms. The van der Waals surface area contributed by atoms with Crippen LogP contribution in [-0.2, 0) is 0 Å². The quantitative estimate of drug-likeness (QED) is 0.814. The Morgan fingerprint density at radius 2 is 2.07 bits per heavy atom. The molecular weight excluding hydrogens is 188 g/mol. The van der Waals surface area contributed by atoms with Gasteiger partial charge in [0.1, 0.15) is 11.5 Å². The lowest BCUT2D eigenvalue weighted by atomic mass is 10.1. The number of hydrogen-bond acceptors (Lipinski definition) is 2. The molecule has 1 heterocycles. The first kappa shape index (κ1) is 11.2. The molecule has 0 saturated heterocycles. The first-order valence-corrected chi connectivity index (χ1v) is 4.59. The van der Waals surface area contributed by atoms with Crippen LogP contribution in [0, 0.1) is 13.8 Å². The van der Waals surface area contributed by atoms with E-state index in [1.807, 2.05) is 26.8 Å². The molecule has 0 aliphatic carbocycles. The van der Waals surface area contributed by atoms with Crippen molar-refractivity contribution >= 4 is 0 Å². The maximum atomic E-state index is 11.9. The minimum Gasteiger partial charge on any atom is -0.466 e. The van der Waals surface area contributed by atoms with Crippen molar-refractivity contribution in [1.29, 1.82) is 0 Å². The highest BCUT2D eigenvalue weighted by atomic mass is 19.3. The number of alkyl halides is 2. The molecule has 0 radical (unpaired) electrons. The molecule has 14 heavy (non-hydrogen) atoms. The van der Waals surface area contributed by atoms with Crippen molar-refractivity contribution in [2.75, 3.05) is 6.54 Å². The van der Waals surface area contributed by atoms with Gasteiger partial charge in [-0.15, -0.1) is 0 Å². The zero-order chi connectivity index (χ0) is 10.7. The zero-order valence-corrected chi connectivity index (χ0v) is 8.60. The van der Waals surface area contributed by atoms with Gasteiger partial charge in [-0.1, -0.05) is 0 Å². The van der Waals surface area contributed by atoms with Gasteiger partial charge in [0.25, 0.3) is 6.43 Å². The van der Waals surface area contributed by atoms with Crippen LogP contribution in [0.3, 0.4) is 0 Å². The van der Waals surface area contributed by atoms with Crippen LogP contribution in [0.15, 0.2) is 10.5 Å². The van der Waals surface area contributed by atoms with Gasteiger partial charge in [0.2, 0.25) is 0 Å².